The van der Waals surface area contributed by atoms with Crippen molar-refractivity contribution in [3.05, 3.63) is 70.3 Å². The van der Waals surface area contributed by atoms with E-state index in [1.165, 1.54) is 0 Å². The zero-order valence-corrected chi connectivity index (χ0v) is 39.8. The van der Waals surface area contributed by atoms with Crippen LogP contribution < -0.4 is 36.9 Å². The molecule has 5 amide bonds. The minimum atomic E-state index is -0.702. The Bertz CT molecular complexity index is 2850. The molecule has 1 aliphatic heterocycles. The van der Waals surface area contributed by atoms with Gasteiger partial charge >= 0.3 is 0 Å². The number of ether oxygens (including phenoxy) is 4. The molecular formula is C46H60N14O9. The first-order valence-electron chi connectivity index (χ1n) is 22.9. The number of carbonyl (C=O) groups is 5. The molecule has 0 bridgehead atoms. The van der Waals surface area contributed by atoms with Crippen LogP contribution in [0.4, 0.5) is 11.9 Å². The average Bonchev–Trinajstić information content (AvgIpc) is 4.10. The summed E-state index contributed by atoms with van der Waals surface area (Å²) in [5, 5.41) is 17.8. The third-order valence-corrected chi connectivity index (χ3v) is 11.7. The van der Waals surface area contributed by atoms with Crippen LogP contribution in [0.15, 0.2) is 36.4 Å². The highest BCUT2D eigenvalue weighted by atomic mass is 16.5. The Balaban J connectivity index is 1.17. The SMILES string of the molecule is CCn1nc(C)cc1C(=O)Nc1nc2cc(C(N)=O)cc(OCCCNC(=O)CN(CCOC)CCOC)c2n1CCC[C@H]1COc2cc(C(N)=O)cc3nc(NC(=O)c4cc(C)nn4CC)n1c23. The molecule has 23 heteroatoms. The molecule has 7 N–H and O–H groups in total. The van der Waals surface area contributed by atoms with Gasteiger partial charge in [0.1, 0.15) is 40.5 Å². The predicted octanol–water partition coefficient (Wildman–Crippen LogP) is 3.03. The summed E-state index contributed by atoms with van der Waals surface area (Å²) in [6.07, 6.45) is 1.35. The molecule has 0 unspecified atom stereocenters. The third kappa shape index (κ3) is 11.3. The molecule has 0 saturated heterocycles. The molecule has 0 fully saturated rings. The molecular weight excluding hydrogens is 893 g/mol. The number of rotatable bonds is 25. The summed E-state index contributed by atoms with van der Waals surface area (Å²) in [6, 6.07) is 9.24. The van der Waals surface area contributed by atoms with Crippen LogP contribution in [-0.4, -0.2) is 140 Å². The van der Waals surface area contributed by atoms with Crippen molar-refractivity contribution in [2.75, 3.05) is 77.5 Å². The van der Waals surface area contributed by atoms with E-state index >= 15 is 0 Å². The van der Waals surface area contributed by atoms with Crippen LogP contribution in [0.1, 0.15) is 92.2 Å². The van der Waals surface area contributed by atoms with E-state index in [0.717, 1.165) is 0 Å². The number of benzene rings is 2. The summed E-state index contributed by atoms with van der Waals surface area (Å²) in [7, 11) is 3.21. The number of nitrogens with two attached hydrogens (primary N) is 2. The second-order valence-corrected chi connectivity index (χ2v) is 16.6. The van der Waals surface area contributed by atoms with Gasteiger partial charge in [-0.25, -0.2) is 9.97 Å². The number of hydrogen-bond acceptors (Lipinski definition) is 14. The van der Waals surface area contributed by atoms with Crippen LogP contribution in [-0.2, 0) is 33.9 Å². The number of fused-ring (bicyclic) bond motifs is 1. The summed E-state index contributed by atoms with van der Waals surface area (Å²) >= 11 is 0. The first-order chi connectivity index (χ1) is 33.2. The molecule has 368 valence electrons. The number of aryl methyl sites for hydroxylation is 5. The third-order valence-electron chi connectivity index (χ3n) is 11.7. The second kappa shape index (κ2) is 22.2. The van der Waals surface area contributed by atoms with Crippen LogP contribution in [0.5, 0.6) is 11.5 Å². The summed E-state index contributed by atoms with van der Waals surface area (Å²) < 4.78 is 29.9. The minimum Gasteiger partial charge on any atom is -0.491 e. The Morgan fingerprint density at radius 1 is 0.768 bits per heavy atom. The fourth-order valence-corrected chi connectivity index (χ4v) is 8.37. The van der Waals surface area contributed by atoms with Gasteiger partial charge in [-0.2, -0.15) is 10.2 Å². The van der Waals surface area contributed by atoms with E-state index in [2.05, 4.69) is 26.1 Å². The average molecular weight is 953 g/mol. The number of methoxy groups -OCH3 is 2. The highest BCUT2D eigenvalue weighted by Crippen LogP contribution is 2.39. The fraction of sp³-hybridized carbons (Fsp3) is 0.457. The Morgan fingerprint density at radius 3 is 1.94 bits per heavy atom. The number of primary amides is 2. The molecule has 0 spiro atoms. The standard InChI is InChI=1S/C46H60N14O9/c1-7-58-34(19-27(3)54-58)43(64)52-45-50-32-21-29(41(47)62)23-36(68-16-10-12-49-38(61)25-56(14-17-66-5)15-18-67-6)39(32)57(45)13-9-11-31-26-69-37-24-30(42(48)63)22-33-40(37)60(31)46(51-33)53-44(65)35-20-28(4)55-59(35)8-2/h19-24,31H,7-18,25-26H2,1-6H3,(H2,47,62)(H2,48,63)(H,49,61)(H,50,52,64)(H,51,53,65)/t31-/m0/s1. The van der Waals surface area contributed by atoms with E-state index in [1.807, 2.05) is 34.8 Å². The van der Waals surface area contributed by atoms with Crippen molar-refractivity contribution in [1.29, 1.82) is 0 Å². The van der Waals surface area contributed by atoms with Crippen molar-refractivity contribution in [2.24, 2.45) is 11.5 Å². The molecule has 23 nitrogen and oxygen atoms in total. The van der Waals surface area contributed by atoms with Gasteiger partial charge in [-0.05, 0) is 83.4 Å². The highest BCUT2D eigenvalue weighted by molar-refractivity contribution is 6.05. The molecule has 0 radical (unpaired) electrons. The van der Waals surface area contributed by atoms with Gasteiger partial charge in [0.15, 0.2) is 0 Å². The monoisotopic (exact) mass is 952 g/mol. The molecule has 7 rings (SSSR count). The lowest BCUT2D eigenvalue weighted by molar-refractivity contribution is -0.122. The van der Waals surface area contributed by atoms with E-state index in [0.29, 0.717) is 122 Å². The maximum Gasteiger partial charge on any atom is 0.276 e. The molecule has 4 aromatic heterocycles. The first kappa shape index (κ1) is 49.5. The van der Waals surface area contributed by atoms with Crippen LogP contribution in [0, 0.1) is 13.8 Å². The van der Waals surface area contributed by atoms with Gasteiger partial charge in [0, 0.05) is 64.6 Å². The van der Waals surface area contributed by atoms with E-state index in [9.17, 15) is 24.0 Å². The zero-order chi connectivity index (χ0) is 49.4. The lowest BCUT2D eigenvalue weighted by atomic mass is 10.1. The quantitative estimate of drug-likeness (QED) is 0.0516. The van der Waals surface area contributed by atoms with Crippen molar-refractivity contribution in [2.45, 2.75) is 72.6 Å². The molecule has 2 aromatic carbocycles. The van der Waals surface area contributed by atoms with Gasteiger partial charge in [0.05, 0.1) is 54.8 Å². The van der Waals surface area contributed by atoms with E-state index in [4.69, 9.17) is 40.4 Å². The number of nitrogens with one attached hydrogen (secondary N) is 3. The largest absolute Gasteiger partial charge is 0.491 e. The summed E-state index contributed by atoms with van der Waals surface area (Å²) in [5.41, 5.74) is 15.7. The van der Waals surface area contributed by atoms with Crippen molar-refractivity contribution in [3.8, 4) is 11.5 Å². The maximum atomic E-state index is 13.9. The molecule has 1 atom stereocenters. The summed E-state index contributed by atoms with van der Waals surface area (Å²) in [6.45, 7) is 11.5. The number of carbonyl (C=O) groups excluding carboxylic acids is 5. The van der Waals surface area contributed by atoms with Crippen molar-refractivity contribution >= 4 is 63.5 Å². The molecule has 1 aliphatic rings. The number of nitrogens with zero attached hydrogens (tertiary/aromatic N) is 9. The van der Waals surface area contributed by atoms with E-state index in [1.54, 1.807) is 66.9 Å². The van der Waals surface area contributed by atoms with Gasteiger partial charge in [0.25, 0.3) is 11.8 Å². The molecule has 6 aromatic rings. The lowest BCUT2D eigenvalue weighted by Crippen LogP contribution is -2.40. The van der Waals surface area contributed by atoms with Crippen LogP contribution in [0.3, 0.4) is 0 Å². The van der Waals surface area contributed by atoms with Crippen LogP contribution in [0.25, 0.3) is 22.1 Å². The Kier molecular flexibility index (Phi) is 15.9. The predicted molar refractivity (Wildman–Crippen MR) is 255 cm³/mol. The second-order valence-electron chi connectivity index (χ2n) is 16.6. The Labute approximate surface area is 397 Å². The fourth-order valence-electron chi connectivity index (χ4n) is 8.37. The molecule has 69 heavy (non-hydrogen) atoms. The Morgan fingerprint density at radius 2 is 1.35 bits per heavy atom. The number of imidazole rings is 2. The van der Waals surface area contributed by atoms with Gasteiger partial charge < -0.3 is 44.9 Å². The first-order valence-corrected chi connectivity index (χ1v) is 22.9. The van der Waals surface area contributed by atoms with Gasteiger partial charge in [-0.1, -0.05) is 0 Å². The van der Waals surface area contributed by atoms with Gasteiger partial charge in [0.2, 0.25) is 29.6 Å². The van der Waals surface area contributed by atoms with Crippen molar-refractivity contribution < 1.29 is 42.9 Å². The number of anilines is 2. The molecule has 0 saturated carbocycles. The zero-order valence-electron chi connectivity index (χ0n) is 39.8. The van der Waals surface area contributed by atoms with Gasteiger partial charge in [-0.3, -0.25) is 48.9 Å². The van der Waals surface area contributed by atoms with Gasteiger partial charge in [-0.15, -0.1) is 0 Å². The van der Waals surface area contributed by atoms with Crippen LogP contribution >= 0.6 is 0 Å². The van der Waals surface area contributed by atoms with Crippen molar-refractivity contribution in [3.63, 3.8) is 0 Å². The number of aromatic nitrogens is 8. The smallest absolute Gasteiger partial charge is 0.276 e. The highest BCUT2D eigenvalue weighted by Gasteiger charge is 2.30. The summed E-state index contributed by atoms with van der Waals surface area (Å²) in [4.78, 5) is 77.1. The van der Waals surface area contributed by atoms with E-state index in [-0.39, 0.29) is 61.3 Å². The van der Waals surface area contributed by atoms with Crippen LogP contribution in [0.2, 0.25) is 0 Å². The number of amides is 5. The normalized spacial score (nSPS) is 13.2. The lowest BCUT2D eigenvalue weighted by Gasteiger charge is -2.27. The summed E-state index contributed by atoms with van der Waals surface area (Å²) in [5.74, 6) is -1.25. The van der Waals surface area contributed by atoms with Crippen molar-refractivity contribution in [1.82, 2.24) is 48.9 Å². The molecule has 0 aliphatic carbocycles. The Hall–Kier alpha value is -7.37. The maximum absolute atomic E-state index is 13.9. The van der Waals surface area contributed by atoms with E-state index < -0.39 is 23.6 Å². The number of hydrogen-bond donors (Lipinski definition) is 5. The topological polar surface area (TPSA) is 285 Å². The minimum absolute atomic E-state index is 0.147. The molecule has 5 heterocycles.